The zero-order valence-electron chi connectivity index (χ0n) is 13.9. The maximum absolute atomic E-state index is 2.35. The van der Waals surface area contributed by atoms with Crippen molar-refractivity contribution in [3.05, 3.63) is 24.3 Å². The summed E-state index contributed by atoms with van der Waals surface area (Å²) in [5, 5.41) is 0. The summed E-state index contributed by atoms with van der Waals surface area (Å²) in [6.45, 7) is 9.24. The molecule has 0 aromatic carbocycles. The van der Waals surface area contributed by atoms with Gasteiger partial charge >= 0.3 is 0 Å². The van der Waals surface area contributed by atoms with E-state index in [1.165, 1.54) is 57.8 Å². The summed E-state index contributed by atoms with van der Waals surface area (Å²) in [5.74, 6) is 0. The predicted molar refractivity (Wildman–Crippen MR) is 89.6 cm³/mol. The Morgan fingerprint density at radius 1 is 0.684 bits per heavy atom. The molecule has 0 N–H and O–H groups in total. The highest BCUT2D eigenvalue weighted by Crippen LogP contribution is 2.22. The van der Waals surface area contributed by atoms with Crippen molar-refractivity contribution in [3.8, 4) is 0 Å². The summed E-state index contributed by atoms with van der Waals surface area (Å²) < 4.78 is 0. The molecule has 0 fully saturated rings. The molecule has 0 saturated carbocycles. The lowest BCUT2D eigenvalue weighted by Gasteiger charge is -2.17. The van der Waals surface area contributed by atoms with Crippen LogP contribution in [0.4, 0.5) is 0 Å². The molecular weight excluding hydrogens is 228 g/mol. The van der Waals surface area contributed by atoms with Crippen LogP contribution in [0.1, 0.15) is 91.9 Å². The summed E-state index contributed by atoms with van der Waals surface area (Å²) in [4.78, 5) is 0. The average molecular weight is 264 g/mol. The topological polar surface area (TPSA) is 0 Å². The minimum absolute atomic E-state index is 0.522. The monoisotopic (exact) mass is 264 g/mol. The molecule has 0 aliphatic rings. The third kappa shape index (κ3) is 17.5. The van der Waals surface area contributed by atoms with Crippen molar-refractivity contribution >= 4 is 0 Å². The molecule has 0 rings (SSSR count). The van der Waals surface area contributed by atoms with Gasteiger partial charge in [-0.3, -0.25) is 0 Å². The van der Waals surface area contributed by atoms with Gasteiger partial charge in [0.1, 0.15) is 0 Å². The van der Waals surface area contributed by atoms with Crippen molar-refractivity contribution in [2.24, 2.45) is 5.41 Å². The van der Waals surface area contributed by atoms with E-state index in [2.05, 4.69) is 52.0 Å². The number of hydrogen-bond acceptors (Lipinski definition) is 0. The molecule has 0 nitrogen and oxygen atoms in total. The average Bonchev–Trinajstić information content (AvgIpc) is 2.34. The first-order chi connectivity index (χ1) is 9.06. The van der Waals surface area contributed by atoms with Crippen molar-refractivity contribution in [3.63, 3.8) is 0 Å². The Bertz CT molecular complexity index is 227. The van der Waals surface area contributed by atoms with Crippen molar-refractivity contribution in [1.82, 2.24) is 0 Å². The standard InChI is InChI=1S/C19H36/c1-5-6-7-8-9-10-11-12-13-14-15-16-17-18-19(2,3)4/h7-8,10-11H,5-6,9,12-18H2,1-4H3. The van der Waals surface area contributed by atoms with Crippen LogP contribution in [0.15, 0.2) is 24.3 Å². The normalized spacial score (nSPS) is 12.8. The molecular formula is C19H36. The first-order valence-electron chi connectivity index (χ1n) is 8.36. The largest absolute Gasteiger partial charge is 0.0882 e. The van der Waals surface area contributed by atoms with E-state index in [0.717, 1.165) is 6.42 Å². The Morgan fingerprint density at radius 3 is 1.89 bits per heavy atom. The van der Waals surface area contributed by atoms with Gasteiger partial charge in [0.25, 0.3) is 0 Å². The van der Waals surface area contributed by atoms with E-state index in [-0.39, 0.29) is 0 Å². The molecule has 0 amide bonds. The number of allylic oxidation sites excluding steroid dienone is 4. The van der Waals surface area contributed by atoms with Crippen molar-refractivity contribution in [2.75, 3.05) is 0 Å². The van der Waals surface area contributed by atoms with Crippen LogP contribution in [0.3, 0.4) is 0 Å². The second-order valence-electron chi connectivity index (χ2n) is 6.83. The lowest BCUT2D eigenvalue weighted by Crippen LogP contribution is -2.03. The van der Waals surface area contributed by atoms with E-state index < -0.39 is 0 Å². The van der Waals surface area contributed by atoms with Crippen LogP contribution in [0, 0.1) is 5.41 Å². The summed E-state index contributed by atoms with van der Waals surface area (Å²) in [6, 6.07) is 0. The molecule has 0 heterocycles. The minimum Gasteiger partial charge on any atom is -0.0882 e. The fourth-order valence-electron chi connectivity index (χ4n) is 2.12. The first-order valence-corrected chi connectivity index (χ1v) is 8.36. The molecule has 0 aliphatic heterocycles. The van der Waals surface area contributed by atoms with Crippen LogP contribution in [-0.2, 0) is 0 Å². The number of rotatable bonds is 11. The molecule has 0 unspecified atom stereocenters. The smallest absolute Gasteiger partial charge is 0.0169 e. The van der Waals surface area contributed by atoms with Gasteiger partial charge in [0.2, 0.25) is 0 Å². The molecule has 0 spiro atoms. The van der Waals surface area contributed by atoms with Gasteiger partial charge in [-0.05, 0) is 37.5 Å². The Labute approximate surface area is 122 Å². The molecule has 0 radical (unpaired) electrons. The SMILES string of the molecule is CCCC=CCC=CCCCCCCCC(C)(C)C. The highest BCUT2D eigenvalue weighted by atomic mass is 14.1. The summed E-state index contributed by atoms with van der Waals surface area (Å²) in [6.07, 6.45) is 22.5. The molecule has 19 heavy (non-hydrogen) atoms. The van der Waals surface area contributed by atoms with Crippen molar-refractivity contribution in [1.29, 1.82) is 0 Å². The molecule has 0 aromatic rings. The van der Waals surface area contributed by atoms with Crippen LogP contribution in [0.25, 0.3) is 0 Å². The van der Waals surface area contributed by atoms with Gasteiger partial charge in [-0.1, -0.05) is 84.1 Å². The molecule has 0 heteroatoms. The molecule has 112 valence electrons. The summed E-state index contributed by atoms with van der Waals surface area (Å²) in [7, 11) is 0. The van der Waals surface area contributed by atoms with E-state index >= 15 is 0 Å². The lowest BCUT2D eigenvalue weighted by molar-refractivity contribution is 0.356. The van der Waals surface area contributed by atoms with E-state index in [0.29, 0.717) is 5.41 Å². The van der Waals surface area contributed by atoms with Crippen LogP contribution < -0.4 is 0 Å². The zero-order valence-corrected chi connectivity index (χ0v) is 13.9. The lowest BCUT2D eigenvalue weighted by atomic mass is 9.89. The van der Waals surface area contributed by atoms with Gasteiger partial charge in [-0.2, -0.15) is 0 Å². The second-order valence-corrected chi connectivity index (χ2v) is 6.83. The molecule has 0 saturated heterocycles. The fraction of sp³-hybridized carbons (Fsp3) is 0.789. The molecule has 0 bridgehead atoms. The second kappa shape index (κ2) is 12.5. The summed E-state index contributed by atoms with van der Waals surface area (Å²) >= 11 is 0. The van der Waals surface area contributed by atoms with Gasteiger partial charge in [-0.25, -0.2) is 0 Å². The van der Waals surface area contributed by atoms with Gasteiger partial charge in [0.05, 0.1) is 0 Å². The van der Waals surface area contributed by atoms with Gasteiger partial charge in [-0.15, -0.1) is 0 Å². The van der Waals surface area contributed by atoms with Crippen molar-refractivity contribution < 1.29 is 0 Å². The van der Waals surface area contributed by atoms with Gasteiger partial charge in [0, 0.05) is 0 Å². The quantitative estimate of drug-likeness (QED) is 0.276. The predicted octanol–water partition coefficient (Wildman–Crippen LogP) is 7.07. The van der Waals surface area contributed by atoms with Crippen molar-refractivity contribution in [2.45, 2.75) is 91.9 Å². The maximum atomic E-state index is 2.35. The highest BCUT2D eigenvalue weighted by Gasteiger charge is 2.08. The maximum Gasteiger partial charge on any atom is -0.0169 e. The summed E-state index contributed by atoms with van der Waals surface area (Å²) in [5.41, 5.74) is 0.522. The zero-order chi connectivity index (χ0) is 14.4. The number of hydrogen-bond donors (Lipinski definition) is 0. The van der Waals surface area contributed by atoms with Crippen LogP contribution in [0.2, 0.25) is 0 Å². The minimum atomic E-state index is 0.522. The molecule has 0 aromatic heterocycles. The third-order valence-electron chi connectivity index (χ3n) is 3.36. The van der Waals surface area contributed by atoms with Crippen LogP contribution in [0.5, 0.6) is 0 Å². The third-order valence-corrected chi connectivity index (χ3v) is 3.36. The van der Waals surface area contributed by atoms with E-state index in [1.54, 1.807) is 0 Å². The first kappa shape index (κ1) is 18.5. The van der Waals surface area contributed by atoms with E-state index in [1.807, 2.05) is 0 Å². The van der Waals surface area contributed by atoms with Crippen LogP contribution >= 0.6 is 0 Å². The number of unbranched alkanes of at least 4 members (excludes halogenated alkanes) is 6. The van der Waals surface area contributed by atoms with E-state index in [9.17, 15) is 0 Å². The van der Waals surface area contributed by atoms with Gasteiger partial charge < -0.3 is 0 Å². The Kier molecular flexibility index (Phi) is 12.2. The van der Waals surface area contributed by atoms with Crippen LogP contribution in [-0.4, -0.2) is 0 Å². The molecule has 0 aliphatic carbocycles. The van der Waals surface area contributed by atoms with Gasteiger partial charge in [0.15, 0.2) is 0 Å². The Morgan fingerprint density at radius 2 is 1.26 bits per heavy atom. The molecule has 0 atom stereocenters. The Balaban J connectivity index is 3.20. The fourth-order valence-corrected chi connectivity index (χ4v) is 2.12. The highest BCUT2D eigenvalue weighted by molar-refractivity contribution is 4.92. The Hall–Kier alpha value is -0.520. The van der Waals surface area contributed by atoms with E-state index in [4.69, 9.17) is 0 Å².